The first-order chi connectivity index (χ1) is 13.7. The van der Waals surface area contributed by atoms with Gasteiger partial charge in [0, 0.05) is 6.42 Å². The van der Waals surface area contributed by atoms with Crippen LogP contribution in [0.1, 0.15) is 39.9 Å². The van der Waals surface area contributed by atoms with Crippen molar-refractivity contribution < 1.29 is 18.7 Å². The molecule has 1 aliphatic rings. The molecule has 0 bridgehead atoms. The normalized spacial score (nSPS) is 14.2. The van der Waals surface area contributed by atoms with Gasteiger partial charge in [-0.25, -0.2) is 0 Å². The quantitative estimate of drug-likeness (QED) is 0.713. The van der Waals surface area contributed by atoms with E-state index in [1.165, 1.54) is 0 Å². The molecule has 0 radical (unpaired) electrons. The Balaban J connectivity index is 1.62. The highest BCUT2D eigenvalue weighted by Crippen LogP contribution is 2.33. The molecule has 0 fully saturated rings. The number of fused-ring (bicyclic) bond motifs is 1. The predicted octanol–water partition coefficient (Wildman–Crippen LogP) is 4.46. The lowest BCUT2D eigenvalue weighted by molar-refractivity contribution is 0.0907. The minimum absolute atomic E-state index is 0.225. The Morgan fingerprint density at radius 2 is 1.79 bits per heavy atom. The first-order valence-electron chi connectivity index (χ1n) is 9.50. The first-order valence-corrected chi connectivity index (χ1v) is 9.50. The van der Waals surface area contributed by atoms with Gasteiger partial charge in [-0.2, -0.15) is 0 Å². The van der Waals surface area contributed by atoms with Gasteiger partial charge < -0.3 is 19.2 Å². The number of hydrogen-bond acceptors (Lipinski definition) is 4. The van der Waals surface area contributed by atoms with Gasteiger partial charge in [0.1, 0.15) is 5.76 Å². The van der Waals surface area contributed by atoms with Crippen LogP contribution in [-0.2, 0) is 6.42 Å². The van der Waals surface area contributed by atoms with E-state index in [0.717, 1.165) is 29.0 Å². The van der Waals surface area contributed by atoms with Crippen LogP contribution >= 0.6 is 0 Å². The SMILES string of the molecule is Cc1ccc(C(=O)NC(Cc2ccccc2)c2ccc3c(c2)OCCCO3)o1. The van der Waals surface area contributed by atoms with Crippen molar-refractivity contribution in [3.63, 3.8) is 0 Å². The van der Waals surface area contributed by atoms with E-state index in [-0.39, 0.29) is 11.9 Å². The smallest absolute Gasteiger partial charge is 0.287 e. The number of carbonyl (C=O) groups is 1. The van der Waals surface area contributed by atoms with Crippen LogP contribution in [0.2, 0.25) is 0 Å². The summed E-state index contributed by atoms with van der Waals surface area (Å²) in [5.41, 5.74) is 2.10. The number of aryl methyl sites for hydroxylation is 1. The number of ether oxygens (including phenoxy) is 2. The van der Waals surface area contributed by atoms with E-state index in [2.05, 4.69) is 17.4 Å². The lowest BCUT2D eigenvalue weighted by Gasteiger charge is -2.20. The molecule has 3 aromatic rings. The lowest BCUT2D eigenvalue weighted by Crippen LogP contribution is -2.29. The maximum atomic E-state index is 12.7. The highest BCUT2D eigenvalue weighted by Gasteiger charge is 2.21. The fraction of sp³-hybridized carbons (Fsp3) is 0.261. The molecule has 1 unspecified atom stereocenters. The molecule has 1 N–H and O–H groups in total. The molecule has 28 heavy (non-hydrogen) atoms. The van der Waals surface area contributed by atoms with Gasteiger partial charge in [0.25, 0.3) is 5.91 Å². The lowest BCUT2D eigenvalue weighted by atomic mass is 9.98. The summed E-state index contributed by atoms with van der Waals surface area (Å²) in [7, 11) is 0. The van der Waals surface area contributed by atoms with Crippen molar-refractivity contribution in [3.05, 3.63) is 83.3 Å². The predicted molar refractivity (Wildman–Crippen MR) is 106 cm³/mol. The Morgan fingerprint density at radius 3 is 2.54 bits per heavy atom. The van der Waals surface area contributed by atoms with Crippen LogP contribution < -0.4 is 14.8 Å². The molecule has 1 aromatic heterocycles. The standard InChI is InChI=1S/C23H23NO4/c1-16-8-10-21(28-16)23(25)24-19(14-17-6-3-2-4-7-17)18-9-11-20-22(15-18)27-13-5-12-26-20/h2-4,6-11,15,19H,5,12-14H2,1H3,(H,24,25). The Bertz CT molecular complexity index is 948. The molecule has 144 valence electrons. The van der Waals surface area contributed by atoms with Crippen LogP contribution in [0.5, 0.6) is 11.5 Å². The third-order valence-electron chi connectivity index (χ3n) is 4.73. The zero-order valence-corrected chi connectivity index (χ0v) is 15.8. The first kappa shape index (κ1) is 18.2. The fourth-order valence-corrected chi connectivity index (χ4v) is 3.28. The second-order valence-electron chi connectivity index (χ2n) is 6.88. The number of nitrogens with one attached hydrogen (secondary N) is 1. The average molecular weight is 377 g/mol. The summed E-state index contributed by atoms with van der Waals surface area (Å²) < 4.78 is 17.0. The van der Waals surface area contributed by atoms with Crippen molar-refractivity contribution in [3.8, 4) is 11.5 Å². The molecule has 0 saturated heterocycles. The number of furan rings is 1. The summed E-state index contributed by atoms with van der Waals surface area (Å²) in [5, 5.41) is 3.10. The maximum absolute atomic E-state index is 12.7. The van der Waals surface area contributed by atoms with Crippen LogP contribution in [0.25, 0.3) is 0 Å². The largest absolute Gasteiger partial charge is 0.490 e. The highest BCUT2D eigenvalue weighted by molar-refractivity contribution is 5.91. The summed E-state index contributed by atoms with van der Waals surface area (Å²) in [4.78, 5) is 12.7. The molecule has 0 spiro atoms. The monoisotopic (exact) mass is 377 g/mol. The van der Waals surface area contributed by atoms with Gasteiger partial charge in [-0.1, -0.05) is 36.4 Å². The molecule has 2 heterocycles. The van der Waals surface area contributed by atoms with E-state index in [1.807, 2.05) is 43.3 Å². The molecule has 5 nitrogen and oxygen atoms in total. The molecule has 2 aromatic carbocycles. The van der Waals surface area contributed by atoms with Gasteiger partial charge in [0.2, 0.25) is 0 Å². The van der Waals surface area contributed by atoms with Gasteiger partial charge >= 0.3 is 0 Å². The topological polar surface area (TPSA) is 60.7 Å². The van der Waals surface area contributed by atoms with E-state index >= 15 is 0 Å². The molecule has 1 amide bonds. The summed E-state index contributed by atoms with van der Waals surface area (Å²) in [6, 6.07) is 19.2. The number of benzene rings is 2. The maximum Gasteiger partial charge on any atom is 0.287 e. The fourth-order valence-electron chi connectivity index (χ4n) is 3.28. The van der Waals surface area contributed by atoms with E-state index in [0.29, 0.717) is 31.2 Å². The summed E-state index contributed by atoms with van der Waals surface area (Å²) in [5.74, 6) is 2.25. The number of hydrogen-bond donors (Lipinski definition) is 1. The minimum Gasteiger partial charge on any atom is -0.490 e. The molecule has 0 aliphatic carbocycles. The van der Waals surface area contributed by atoms with Crippen LogP contribution in [-0.4, -0.2) is 19.1 Å². The molecule has 4 rings (SSSR count). The van der Waals surface area contributed by atoms with Crippen molar-refractivity contribution >= 4 is 5.91 Å². The molecular weight excluding hydrogens is 354 g/mol. The molecular formula is C23H23NO4. The Hall–Kier alpha value is -3.21. The van der Waals surface area contributed by atoms with Gasteiger partial charge in [0.15, 0.2) is 17.3 Å². The number of amides is 1. The third-order valence-corrected chi connectivity index (χ3v) is 4.73. The van der Waals surface area contributed by atoms with E-state index < -0.39 is 0 Å². The van der Waals surface area contributed by atoms with Crippen molar-refractivity contribution in [2.45, 2.75) is 25.8 Å². The minimum atomic E-state index is -0.235. The van der Waals surface area contributed by atoms with E-state index in [4.69, 9.17) is 13.9 Å². The highest BCUT2D eigenvalue weighted by atomic mass is 16.5. The summed E-state index contributed by atoms with van der Waals surface area (Å²) in [6.45, 7) is 3.09. The van der Waals surface area contributed by atoms with Crippen LogP contribution in [0.3, 0.4) is 0 Å². The second-order valence-corrected chi connectivity index (χ2v) is 6.88. The van der Waals surface area contributed by atoms with E-state index in [9.17, 15) is 4.79 Å². The van der Waals surface area contributed by atoms with Crippen LogP contribution in [0.15, 0.2) is 65.1 Å². The van der Waals surface area contributed by atoms with Gasteiger partial charge in [-0.15, -0.1) is 0 Å². The average Bonchev–Trinajstić information content (AvgIpc) is 3.01. The van der Waals surface area contributed by atoms with Gasteiger partial charge in [0.05, 0.1) is 19.3 Å². The van der Waals surface area contributed by atoms with Gasteiger partial charge in [-0.05, 0) is 48.7 Å². The molecule has 0 saturated carbocycles. The Kier molecular flexibility index (Phi) is 5.33. The summed E-state index contributed by atoms with van der Waals surface area (Å²) >= 11 is 0. The zero-order chi connectivity index (χ0) is 19.3. The zero-order valence-electron chi connectivity index (χ0n) is 15.8. The Labute approximate surface area is 164 Å². The Morgan fingerprint density at radius 1 is 1.00 bits per heavy atom. The van der Waals surface area contributed by atoms with E-state index in [1.54, 1.807) is 12.1 Å². The third kappa shape index (κ3) is 4.19. The number of rotatable bonds is 5. The molecule has 1 atom stereocenters. The van der Waals surface area contributed by atoms with Crippen molar-refractivity contribution in [2.24, 2.45) is 0 Å². The molecule has 5 heteroatoms. The summed E-state index contributed by atoms with van der Waals surface area (Å²) in [6.07, 6.45) is 1.51. The second kappa shape index (κ2) is 8.21. The van der Waals surface area contributed by atoms with Gasteiger partial charge in [-0.3, -0.25) is 4.79 Å². The number of carbonyl (C=O) groups excluding carboxylic acids is 1. The van der Waals surface area contributed by atoms with Crippen molar-refractivity contribution in [1.82, 2.24) is 5.32 Å². The van der Waals surface area contributed by atoms with Crippen molar-refractivity contribution in [1.29, 1.82) is 0 Å². The molecule has 1 aliphatic heterocycles. The van der Waals surface area contributed by atoms with Crippen LogP contribution in [0.4, 0.5) is 0 Å². The van der Waals surface area contributed by atoms with Crippen LogP contribution in [0, 0.1) is 6.92 Å². The van der Waals surface area contributed by atoms with Crippen molar-refractivity contribution in [2.75, 3.05) is 13.2 Å².